The maximum Gasteiger partial charge on any atom is 0.0447 e. The average molecular weight is 435 g/mol. The summed E-state index contributed by atoms with van der Waals surface area (Å²) in [6, 6.07) is 28.5. The van der Waals surface area contributed by atoms with Crippen molar-refractivity contribution >= 4 is 11.4 Å². The van der Waals surface area contributed by atoms with Crippen molar-refractivity contribution < 1.29 is 0 Å². The van der Waals surface area contributed by atoms with Crippen molar-refractivity contribution in [3.05, 3.63) is 119 Å². The fraction of sp³-hybridized carbons (Fsp3) is 0.290. The van der Waals surface area contributed by atoms with Crippen LogP contribution >= 0.6 is 0 Å². The highest BCUT2D eigenvalue weighted by molar-refractivity contribution is 5.72. The van der Waals surface area contributed by atoms with Crippen molar-refractivity contribution in [2.45, 2.75) is 44.4 Å². The molecule has 0 aliphatic carbocycles. The minimum absolute atomic E-state index is 0.0447. The van der Waals surface area contributed by atoms with Gasteiger partial charge in [-0.3, -0.25) is 0 Å². The van der Waals surface area contributed by atoms with Crippen LogP contribution in [0.1, 0.15) is 50.3 Å². The van der Waals surface area contributed by atoms with Crippen molar-refractivity contribution in [1.29, 1.82) is 0 Å². The Morgan fingerprint density at radius 2 is 0.970 bits per heavy atom. The maximum atomic E-state index is 2.48. The van der Waals surface area contributed by atoms with Crippen molar-refractivity contribution in [1.82, 2.24) is 0 Å². The summed E-state index contributed by atoms with van der Waals surface area (Å²) in [6.07, 6.45) is 4.96. The molecule has 168 valence electrons. The molecule has 2 heterocycles. The normalized spacial score (nSPS) is 21.4. The Kier molecular flexibility index (Phi) is 5.01. The number of para-hydroxylation sites is 2. The molecule has 2 aliphatic rings. The summed E-state index contributed by atoms with van der Waals surface area (Å²) in [4.78, 5) is 4.75. The highest BCUT2D eigenvalue weighted by atomic mass is 15.2. The zero-order valence-corrected chi connectivity index (χ0v) is 20.6. The van der Waals surface area contributed by atoms with Crippen LogP contribution in [0.25, 0.3) is 0 Å². The SMILES string of the molecule is CN1/C(=C\C(/C=C2/N(C)c3ccccc3C2(C)C)c2ccccc2)C(C)(C)c2ccccc21. The third kappa shape index (κ3) is 3.31. The van der Waals surface area contributed by atoms with Crippen molar-refractivity contribution in [2.24, 2.45) is 0 Å². The summed E-state index contributed by atoms with van der Waals surface area (Å²) in [6.45, 7) is 9.38. The third-order valence-corrected chi connectivity index (χ3v) is 7.74. The highest BCUT2D eigenvalue weighted by Crippen LogP contribution is 2.50. The zero-order chi connectivity index (χ0) is 23.4. The van der Waals surface area contributed by atoms with Crippen molar-refractivity contribution in [2.75, 3.05) is 23.9 Å². The molecule has 3 aromatic rings. The van der Waals surface area contributed by atoms with E-state index in [4.69, 9.17) is 0 Å². The first kappa shape index (κ1) is 21.6. The van der Waals surface area contributed by atoms with E-state index in [2.05, 4.69) is 143 Å². The lowest BCUT2D eigenvalue weighted by molar-refractivity contribution is 0.627. The summed E-state index contributed by atoms with van der Waals surface area (Å²) in [5.41, 5.74) is 9.33. The number of benzene rings is 3. The molecule has 1 atom stereocenters. The minimum atomic E-state index is -0.0447. The standard InChI is InChI=1S/C31H34N2/c1-30(2)24-16-10-12-18-26(24)32(5)28(30)20-23(22-14-8-7-9-15-22)21-29-31(3,4)25-17-11-13-19-27(25)33(29)6/h7-21,23H,1-6H3/b28-20-,29-21+. The van der Waals surface area contributed by atoms with E-state index in [0.717, 1.165) is 0 Å². The molecule has 0 radical (unpaired) electrons. The van der Waals surface area contributed by atoms with Crippen LogP contribution in [0.5, 0.6) is 0 Å². The lowest BCUT2D eigenvalue weighted by Crippen LogP contribution is -2.25. The van der Waals surface area contributed by atoms with Gasteiger partial charge in [-0.2, -0.15) is 0 Å². The Balaban J connectivity index is 1.66. The fourth-order valence-corrected chi connectivity index (χ4v) is 5.86. The van der Waals surface area contributed by atoms with E-state index in [0.29, 0.717) is 0 Å². The summed E-state index contributed by atoms with van der Waals surface area (Å²) in [5.74, 6) is 0.170. The van der Waals surface area contributed by atoms with Crippen LogP contribution in [0.2, 0.25) is 0 Å². The van der Waals surface area contributed by atoms with Crippen LogP contribution in [0, 0.1) is 0 Å². The van der Waals surface area contributed by atoms with Crippen molar-refractivity contribution in [3.63, 3.8) is 0 Å². The van der Waals surface area contributed by atoms with E-state index in [9.17, 15) is 0 Å². The molecule has 0 N–H and O–H groups in total. The quantitative estimate of drug-likeness (QED) is 0.424. The Bertz CT molecular complexity index is 1170. The van der Waals surface area contributed by atoms with Crippen LogP contribution in [-0.4, -0.2) is 14.1 Å². The van der Waals surface area contributed by atoms with E-state index in [1.54, 1.807) is 0 Å². The second kappa shape index (κ2) is 7.66. The number of likely N-dealkylation sites (N-methyl/N-ethyl adjacent to an activating group) is 2. The molecule has 0 spiro atoms. The number of anilines is 2. The number of allylic oxidation sites excluding steroid dienone is 4. The van der Waals surface area contributed by atoms with E-state index in [-0.39, 0.29) is 16.7 Å². The van der Waals surface area contributed by atoms with E-state index in [1.807, 2.05) is 0 Å². The summed E-state index contributed by atoms with van der Waals surface area (Å²) in [7, 11) is 4.41. The Morgan fingerprint density at radius 1 is 0.576 bits per heavy atom. The van der Waals surface area contributed by atoms with Gasteiger partial charge in [0, 0.05) is 53.6 Å². The molecular weight excluding hydrogens is 400 g/mol. The zero-order valence-electron chi connectivity index (χ0n) is 20.6. The number of hydrogen-bond acceptors (Lipinski definition) is 2. The largest absolute Gasteiger partial charge is 0.347 e. The van der Waals surface area contributed by atoms with Gasteiger partial charge in [0.2, 0.25) is 0 Å². The van der Waals surface area contributed by atoms with Gasteiger partial charge in [0.1, 0.15) is 0 Å². The molecule has 0 saturated heterocycles. The monoisotopic (exact) mass is 434 g/mol. The van der Waals surface area contributed by atoms with E-state index in [1.165, 1.54) is 39.5 Å². The first-order chi connectivity index (χ1) is 15.7. The van der Waals surface area contributed by atoms with Gasteiger partial charge in [-0.25, -0.2) is 0 Å². The highest BCUT2D eigenvalue weighted by Gasteiger charge is 2.40. The van der Waals surface area contributed by atoms with Gasteiger partial charge in [-0.15, -0.1) is 0 Å². The van der Waals surface area contributed by atoms with Crippen LogP contribution < -0.4 is 9.80 Å². The number of hydrogen-bond donors (Lipinski definition) is 0. The van der Waals surface area contributed by atoms with Gasteiger partial charge in [0.15, 0.2) is 0 Å². The Labute approximate surface area is 198 Å². The van der Waals surface area contributed by atoms with Crippen LogP contribution in [0.15, 0.2) is 102 Å². The van der Waals surface area contributed by atoms with Crippen LogP contribution in [0.3, 0.4) is 0 Å². The Morgan fingerprint density at radius 3 is 1.39 bits per heavy atom. The van der Waals surface area contributed by atoms with Gasteiger partial charge in [-0.1, -0.05) is 107 Å². The number of rotatable bonds is 3. The predicted octanol–water partition coefficient (Wildman–Crippen LogP) is 7.39. The predicted molar refractivity (Wildman–Crippen MR) is 141 cm³/mol. The second-order valence-corrected chi connectivity index (χ2v) is 10.4. The smallest absolute Gasteiger partial charge is 0.0447 e. The summed E-state index contributed by atoms with van der Waals surface area (Å²) < 4.78 is 0. The summed E-state index contributed by atoms with van der Waals surface area (Å²) >= 11 is 0. The average Bonchev–Trinajstić information content (AvgIpc) is 3.13. The molecule has 0 bridgehead atoms. The first-order valence-electron chi connectivity index (χ1n) is 11.9. The molecule has 1 unspecified atom stereocenters. The van der Waals surface area contributed by atoms with Crippen molar-refractivity contribution in [3.8, 4) is 0 Å². The van der Waals surface area contributed by atoms with E-state index < -0.39 is 0 Å². The van der Waals surface area contributed by atoms with Gasteiger partial charge >= 0.3 is 0 Å². The summed E-state index contributed by atoms with van der Waals surface area (Å²) in [5, 5.41) is 0. The van der Waals surface area contributed by atoms with Crippen LogP contribution in [0.4, 0.5) is 11.4 Å². The molecule has 2 aliphatic heterocycles. The maximum absolute atomic E-state index is 2.48. The van der Waals surface area contributed by atoms with E-state index >= 15 is 0 Å². The molecule has 5 rings (SSSR count). The topological polar surface area (TPSA) is 6.48 Å². The molecular formula is C31H34N2. The fourth-order valence-electron chi connectivity index (χ4n) is 5.86. The first-order valence-corrected chi connectivity index (χ1v) is 11.9. The lowest BCUT2D eigenvalue weighted by Gasteiger charge is -2.28. The van der Waals surface area contributed by atoms with Crippen LogP contribution in [-0.2, 0) is 10.8 Å². The lowest BCUT2D eigenvalue weighted by atomic mass is 9.80. The van der Waals surface area contributed by atoms with Gasteiger partial charge < -0.3 is 9.80 Å². The molecule has 0 saturated carbocycles. The molecule has 0 fully saturated rings. The van der Waals surface area contributed by atoms with Gasteiger partial charge in [0.25, 0.3) is 0 Å². The Hall–Kier alpha value is -3.26. The number of fused-ring (bicyclic) bond motifs is 2. The molecule has 33 heavy (non-hydrogen) atoms. The molecule has 0 aromatic heterocycles. The van der Waals surface area contributed by atoms with Gasteiger partial charge in [-0.05, 0) is 28.8 Å². The second-order valence-electron chi connectivity index (χ2n) is 10.4. The molecule has 2 nitrogen and oxygen atoms in total. The molecule has 3 aromatic carbocycles. The minimum Gasteiger partial charge on any atom is -0.347 e. The third-order valence-electron chi connectivity index (χ3n) is 7.74. The molecule has 2 heteroatoms. The molecule has 0 amide bonds. The van der Waals surface area contributed by atoms with Gasteiger partial charge in [0.05, 0.1) is 0 Å². The number of nitrogens with zero attached hydrogens (tertiary/aromatic N) is 2.